The zero-order valence-electron chi connectivity index (χ0n) is 10.9. The van der Waals surface area contributed by atoms with Crippen LogP contribution in [0.3, 0.4) is 0 Å². The van der Waals surface area contributed by atoms with E-state index in [1.165, 1.54) is 5.56 Å². The Bertz CT molecular complexity index is 565. The number of rotatable bonds is 3. The standard InChI is InChI=1S/C15H18N2O2/c18-14-4-3-12(13-2-1-6-16-15(13)14)5-7-17-8-10-19-11-9-17/h1-4,6,18H,5,7-11H2. The highest BCUT2D eigenvalue weighted by atomic mass is 16.5. The molecule has 3 rings (SSSR count). The lowest BCUT2D eigenvalue weighted by Gasteiger charge is -2.26. The van der Waals surface area contributed by atoms with Gasteiger partial charge in [-0.15, -0.1) is 0 Å². The molecule has 0 amide bonds. The van der Waals surface area contributed by atoms with Crippen LogP contribution in [0.1, 0.15) is 5.56 Å². The van der Waals surface area contributed by atoms with Gasteiger partial charge in [0.2, 0.25) is 0 Å². The molecule has 1 fully saturated rings. The van der Waals surface area contributed by atoms with Crippen molar-refractivity contribution in [1.29, 1.82) is 0 Å². The molecule has 1 aliphatic heterocycles. The first kappa shape index (κ1) is 12.4. The molecule has 4 nitrogen and oxygen atoms in total. The molecule has 1 aromatic carbocycles. The van der Waals surface area contributed by atoms with E-state index >= 15 is 0 Å². The molecule has 100 valence electrons. The van der Waals surface area contributed by atoms with Gasteiger partial charge in [-0.05, 0) is 24.1 Å². The molecule has 19 heavy (non-hydrogen) atoms. The van der Waals surface area contributed by atoms with Crippen LogP contribution in [0, 0.1) is 0 Å². The summed E-state index contributed by atoms with van der Waals surface area (Å²) in [6.07, 6.45) is 2.69. The van der Waals surface area contributed by atoms with Crippen molar-refractivity contribution in [3.05, 3.63) is 36.0 Å². The summed E-state index contributed by atoms with van der Waals surface area (Å²) in [6, 6.07) is 7.68. The summed E-state index contributed by atoms with van der Waals surface area (Å²) in [5.41, 5.74) is 1.94. The number of morpholine rings is 1. The van der Waals surface area contributed by atoms with E-state index in [2.05, 4.69) is 9.88 Å². The summed E-state index contributed by atoms with van der Waals surface area (Å²) in [5, 5.41) is 10.9. The fraction of sp³-hybridized carbons (Fsp3) is 0.400. The van der Waals surface area contributed by atoms with Crippen LogP contribution in [0.15, 0.2) is 30.5 Å². The first-order chi connectivity index (χ1) is 9.34. The molecule has 1 aromatic heterocycles. The average Bonchev–Trinajstić information content (AvgIpc) is 2.48. The van der Waals surface area contributed by atoms with E-state index in [1.54, 1.807) is 12.3 Å². The maximum atomic E-state index is 9.82. The van der Waals surface area contributed by atoms with Gasteiger partial charge < -0.3 is 9.84 Å². The van der Waals surface area contributed by atoms with Gasteiger partial charge in [0.25, 0.3) is 0 Å². The van der Waals surface area contributed by atoms with Gasteiger partial charge in [0.05, 0.1) is 13.2 Å². The molecule has 1 N–H and O–H groups in total. The number of phenols is 1. The van der Waals surface area contributed by atoms with Crippen LogP contribution in [0.25, 0.3) is 10.9 Å². The molecule has 0 saturated carbocycles. The van der Waals surface area contributed by atoms with Gasteiger partial charge in [-0.3, -0.25) is 9.88 Å². The molecule has 1 saturated heterocycles. The van der Waals surface area contributed by atoms with Crippen LogP contribution in [-0.4, -0.2) is 47.8 Å². The lowest BCUT2D eigenvalue weighted by Crippen LogP contribution is -2.37. The summed E-state index contributed by atoms with van der Waals surface area (Å²) >= 11 is 0. The molecule has 0 aliphatic carbocycles. The molecule has 0 radical (unpaired) electrons. The maximum Gasteiger partial charge on any atom is 0.141 e. The van der Waals surface area contributed by atoms with E-state index in [-0.39, 0.29) is 5.75 Å². The number of hydrogen-bond acceptors (Lipinski definition) is 4. The largest absolute Gasteiger partial charge is 0.506 e. The van der Waals surface area contributed by atoms with Gasteiger partial charge in [0.1, 0.15) is 11.3 Å². The lowest BCUT2D eigenvalue weighted by atomic mass is 10.0. The number of hydrogen-bond donors (Lipinski definition) is 1. The molecule has 0 unspecified atom stereocenters. The molecule has 0 atom stereocenters. The van der Waals surface area contributed by atoms with Crippen molar-refractivity contribution in [3.8, 4) is 5.75 Å². The van der Waals surface area contributed by atoms with E-state index < -0.39 is 0 Å². The SMILES string of the molecule is Oc1ccc(CCN2CCOCC2)c2cccnc12. The normalized spacial score (nSPS) is 16.8. The second-order valence-corrected chi connectivity index (χ2v) is 4.85. The van der Waals surface area contributed by atoms with Crippen LogP contribution in [0.2, 0.25) is 0 Å². The molecule has 1 aliphatic rings. The van der Waals surface area contributed by atoms with E-state index in [4.69, 9.17) is 4.74 Å². The number of pyridine rings is 1. The van der Waals surface area contributed by atoms with Crippen LogP contribution in [0.4, 0.5) is 0 Å². The van der Waals surface area contributed by atoms with Crippen molar-refractivity contribution >= 4 is 10.9 Å². The van der Waals surface area contributed by atoms with Crippen molar-refractivity contribution in [2.24, 2.45) is 0 Å². The van der Waals surface area contributed by atoms with Crippen LogP contribution in [-0.2, 0) is 11.2 Å². The molecule has 2 aromatic rings. The highest BCUT2D eigenvalue weighted by Gasteiger charge is 2.11. The Balaban J connectivity index is 1.79. The Morgan fingerprint density at radius 3 is 2.89 bits per heavy atom. The monoisotopic (exact) mass is 258 g/mol. The Labute approximate surface area is 112 Å². The van der Waals surface area contributed by atoms with E-state index in [0.717, 1.165) is 44.7 Å². The Kier molecular flexibility index (Phi) is 3.62. The zero-order valence-corrected chi connectivity index (χ0v) is 10.9. The van der Waals surface area contributed by atoms with E-state index in [9.17, 15) is 5.11 Å². The Morgan fingerprint density at radius 2 is 2.05 bits per heavy atom. The average molecular weight is 258 g/mol. The number of nitrogens with zero attached hydrogens (tertiary/aromatic N) is 2. The van der Waals surface area contributed by atoms with Crippen LogP contribution < -0.4 is 0 Å². The predicted molar refractivity (Wildman–Crippen MR) is 74.4 cm³/mol. The van der Waals surface area contributed by atoms with Gasteiger partial charge in [0.15, 0.2) is 0 Å². The topological polar surface area (TPSA) is 45.6 Å². The Morgan fingerprint density at radius 1 is 1.21 bits per heavy atom. The van der Waals surface area contributed by atoms with E-state index in [0.29, 0.717) is 5.52 Å². The van der Waals surface area contributed by atoms with Crippen molar-refractivity contribution < 1.29 is 9.84 Å². The third-order valence-corrected chi connectivity index (χ3v) is 3.64. The van der Waals surface area contributed by atoms with Crippen LogP contribution in [0.5, 0.6) is 5.75 Å². The minimum Gasteiger partial charge on any atom is -0.506 e. The zero-order chi connectivity index (χ0) is 13.1. The van der Waals surface area contributed by atoms with Gasteiger partial charge in [0, 0.05) is 31.2 Å². The summed E-state index contributed by atoms with van der Waals surface area (Å²) in [5.74, 6) is 0.255. The maximum absolute atomic E-state index is 9.82. The Hall–Kier alpha value is -1.65. The molecular formula is C15H18N2O2. The van der Waals surface area contributed by atoms with Gasteiger partial charge in [-0.25, -0.2) is 0 Å². The highest BCUT2D eigenvalue weighted by molar-refractivity contribution is 5.87. The number of aromatic hydroxyl groups is 1. The summed E-state index contributed by atoms with van der Waals surface area (Å²) in [7, 11) is 0. The van der Waals surface area contributed by atoms with E-state index in [1.807, 2.05) is 18.2 Å². The lowest BCUT2D eigenvalue weighted by molar-refractivity contribution is 0.0385. The quantitative estimate of drug-likeness (QED) is 0.912. The third-order valence-electron chi connectivity index (χ3n) is 3.64. The predicted octanol–water partition coefficient (Wildman–Crippen LogP) is 1.82. The van der Waals surface area contributed by atoms with Gasteiger partial charge in [-0.1, -0.05) is 12.1 Å². The molecule has 4 heteroatoms. The van der Waals surface area contributed by atoms with Crippen molar-refractivity contribution in [2.75, 3.05) is 32.8 Å². The second kappa shape index (κ2) is 5.55. The fourth-order valence-electron chi connectivity index (χ4n) is 2.54. The number of ether oxygens (including phenoxy) is 1. The first-order valence-corrected chi connectivity index (χ1v) is 6.70. The van der Waals surface area contributed by atoms with Gasteiger partial charge in [-0.2, -0.15) is 0 Å². The molecule has 2 heterocycles. The van der Waals surface area contributed by atoms with Crippen molar-refractivity contribution in [1.82, 2.24) is 9.88 Å². The van der Waals surface area contributed by atoms with Gasteiger partial charge >= 0.3 is 0 Å². The second-order valence-electron chi connectivity index (χ2n) is 4.85. The molecular weight excluding hydrogens is 240 g/mol. The van der Waals surface area contributed by atoms with Crippen molar-refractivity contribution in [3.63, 3.8) is 0 Å². The first-order valence-electron chi connectivity index (χ1n) is 6.70. The third kappa shape index (κ3) is 2.69. The summed E-state index contributed by atoms with van der Waals surface area (Å²) in [6.45, 7) is 4.70. The number of phenolic OH excluding ortho intramolecular Hbond substituents is 1. The summed E-state index contributed by atoms with van der Waals surface area (Å²) in [4.78, 5) is 6.67. The molecule has 0 bridgehead atoms. The molecule has 0 spiro atoms. The number of benzene rings is 1. The number of fused-ring (bicyclic) bond motifs is 1. The minimum absolute atomic E-state index is 0.255. The van der Waals surface area contributed by atoms with Crippen LogP contribution >= 0.6 is 0 Å². The van der Waals surface area contributed by atoms with Crippen molar-refractivity contribution in [2.45, 2.75) is 6.42 Å². The number of aromatic nitrogens is 1. The highest BCUT2D eigenvalue weighted by Crippen LogP contribution is 2.25. The fourth-order valence-corrected chi connectivity index (χ4v) is 2.54. The summed E-state index contributed by atoms with van der Waals surface area (Å²) < 4.78 is 5.35. The smallest absolute Gasteiger partial charge is 0.141 e. The minimum atomic E-state index is 0.255.